The van der Waals surface area contributed by atoms with Crippen LogP contribution in [0.5, 0.6) is 5.75 Å². The van der Waals surface area contributed by atoms with Gasteiger partial charge >= 0.3 is 0 Å². The Bertz CT molecular complexity index is 726. The molecule has 7 heteroatoms. The van der Waals surface area contributed by atoms with Crippen molar-refractivity contribution < 1.29 is 9.53 Å². The number of carbonyl (C=O) groups excluding carboxylic acids is 1. The van der Waals surface area contributed by atoms with Crippen LogP contribution in [0.1, 0.15) is 13.8 Å². The van der Waals surface area contributed by atoms with Crippen molar-refractivity contribution in [2.75, 3.05) is 6.54 Å². The highest BCUT2D eigenvalue weighted by Gasteiger charge is 2.29. The lowest BCUT2D eigenvalue weighted by molar-refractivity contribution is -0.134. The third kappa shape index (κ3) is 4.82. The fourth-order valence-electron chi connectivity index (χ4n) is 1.89. The molecule has 2 aromatic rings. The van der Waals surface area contributed by atoms with Gasteiger partial charge in [-0.25, -0.2) is 4.68 Å². The summed E-state index contributed by atoms with van der Waals surface area (Å²) in [5.74, 6) is 0.270. The van der Waals surface area contributed by atoms with E-state index in [1.165, 1.54) is 16.9 Å². The Morgan fingerprint density at radius 1 is 1.30 bits per heavy atom. The smallest absolute Gasteiger partial charge is 0.266 e. The molecule has 1 aromatic carbocycles. The van der Waals surface area contributed by atoms with Crippen LogP contribution in [0.4, 0.5) is 0 Å². The quantitative estimate of drug-likeness (QED) is 0.874. The van der Waals surface area contributed by atoms with Crippen LogP contribution >= 0.6 is 11.6 Å². The second-order valence-electron chi connectivity index (χ2n) is 5.41. The van der Waals surface area contributed by atoms with Crippen LogP contribution < -0.4 is 15.6 Å². The van der Waals surface area contributed by atoms with Crippen molar-refractivity contribution in [1.82, 2.24) is 15.1 Å². The summed E-state index contributed by atoms with van der Waals surface area (Å²) < 4.78 is 6.98. The summed E-state index contributed by atoms with van der Waals surface area (Å²) in [6, 6.07) is 9.77. The molecule has 1 amide bonds. The standard InChI is InChI=1S/C16H18ClN3O3/c1-16(2,23-13-7-5-12(17)6-8-13)15(22)18-10-11-20-14(21)4-3-9-19-20/h3-9H,10-11H2,1-2H3,(H,18,22). The summed E-state index contributed by atoms with van der Waals surface area (Å²) in [4.78, 5) is 23.8. The molecule has 0 bridgehead atoms. The average molecular weight is 336 g/mol. The molecule has 122 valence electrons. The zero-order valence-corrected chi connectivity index (χ0v) is 13.7. The Kier molecular flexibility index (Phi) is 5.39. The number of nitrogens with zero attached hydrogens (tertiary/aromatic N) is 2. The first kappa shape index (κ1) is 17.0. The lowest BCUT2D eigenvalue weighted by atomic mass is 10.1. The van der Waals surface area contributed by atoms with E-state index in [0.29, 0.717) is 17.3 Å². The van der Waals surface area contributed by atoms with Crippen LogP contribution in [0.3, 0.4) is 0 Å². The molecular weight excluding hydrogens is 318 g/mol. The van der Waals surface area contributed by atoms with Gasteiger partial charge in [0.15, 0.2) is 5.60 Å². The van der Waals surface area contributed by atoms with Crippen LogP contribution in [-0.4, -0.2) is 27.8 Å². The predicted octanol–water partition coefficient (Wildman–Crippen LogP) is 1.87. The molecule has 0 spiro atoms. The van der Waals surface area contributed by atoms with E-state index >= 15 is 0 Å². The first-order valence-electron chi connectivity index (χ1n) is 7.13. The second kappa shape index (κ2) is 7.28. The zero-order chi connectivity index (χ0) is 16.9. The van der Waals surface area contributed by atoms with E-state index in [2.05, 4.69) is 10.4 Å². The lowest BCUT2D eigenvalue weighted by Crippen LogP contribution is -2.47. The van der Waals surface area contributed by atoms with Crippen LogP contribution in [0.25, 0.3) is 0 Å². The normalized spacial score (nSPS) is 11.1. The first-order valence-corrected chi connectivity index (χ1v) is 7.51. The maximum Gasteiger partial charge on any atom is 0.266 e. The van der Waals surface area contributed by atoms with E-state index in [4.69, 9.17) is 16.3 Å². The number of hydrogen-bond acceptors (Lipinski definition) is 4. The monoisotopic (exact) mass is 335 g/mol. The average Bonchev–Trinajstić information content (AvgIpc) is 2.51. The molecular formula is C16H18ClN3O3. The molecule has 0 atom stereocenters. The number of hydrogen-bond donors (Lipinski definition) is 1. The highest BCUT2D eigenvalue weighted by molar-refractivity contribution is 6.30. The largest absolute Gasteiger partial charge is 0.478 e. The number of rotatable bonds is 6. The Balaban J connectivity index is 1.89. The molecule has 1 heterocycles. The summed E-state index contributed by atoms with van der Waals surface area (Å²) in [6.45, 7) is 3.92. The molecule has 2 rings (SSSR count). The maximum absolute atomic E-state index is 12.2. The summed E-state index contributed by atoms with van der Waals surface area (Å²) >= 11 is 5.82. The van der Waals surface area contributed by atoms with Gasteiger partial charge in [0.2, 0.25) is 0 Å². The van der Waals surface area contributed by atoms with Gasteiger partial charge in [0, 0.05) is 23.8 Å². The van der Waals surface area contributed by atoms with Crippen LogP contribution in [0, 0.1) is 0 Å². The highest BCUT2D eigenvalue weighted by atomic mass is 35.5. The number of benzene rings is 1. The predicted molar refractivity (Wildman–Crippen MR) is 87.7 cm³/mol. The molecule has 0 fully saturated rings. The molecule has 0 saturated heterocycles. The lowest BCUT2D eigenvalue weighted by Gasteiger charge is -2.25. The van der Waals surface area contributed by atoms with Gasteiger partial charge in [0.25, 0.3) is 11.5 Å². The Morgan fingerprint density at radius 3 is 2.65 bits per heavy atom. The van der Waals surface area contributed by atoms with Gasteiger partial charge in [0.1, 0.15) is 5.75 Å². The van der Waals surface area contributed by atoms with Gasteiger partial charge in [-0.15, -0.1) is 0 Å². The van der Waals surface area contributed by atoms with Gasteiger partial charge in [-0.2, -0.15) is 5.10 Å². The van der Waals surface area contributed by atoms with Gasteiger partial charge in [0.05, 0.1) is 6.54 Å². The number of halogens is 1. The van der Waals surface area contributed by atoms with Gasteiger partial charge in [-0.05, 0) is 44.2 Å². The van der Waals surface area contributed by atoms with E-state index in [-0.39, 0.29) is 18.0 Å². The maximum atomic E-state index is 12.2. The van der Waals surface area contributed by atoms with Gasteiger partial charge in [-0.1, -0.05) is 11.6 Å². The Morgan fingerprint density at radius 2 is 2.00 bits per heavy atom. The van der Waals surface area contributed by atoms with Crippen molar-refractivity contribution in [3.05, 3.63) is 58.0 Å². The fraction of sp³-hybridized carbons (Fsp3) is 0.312. The Labute approximate surface area is 139 Å². The van der Waals surface area contributed by atoms with E-state index in [1.54, 1.807) is 44.2 Å². The minimum absolute atomic E-state index is 0.210. The fourth-order valence-corrected chi connectivity index (χ4v) is 2.01. The van der Waals surface area contributed by atoms with Crippen LogP contribution in [-0.2, 0) is 11.3 Å². The number of nitrogens with one attached hydrogen (secondary N) is 1. The van der Waals surface area contributed by atoms with E-state index in [0.717, 1.165) is 0 Å². The molecule has 1 N–H and O–H groups in total. The first-order chi connectivity index (χ1) is 10.9. The van der Waals surface area contributed by atoms with E-state index in [9.17, 15) is 9.59 Å². The van der Waals surface area contributed by atoms with Crippen molar-refractivity contribution in [3.8, 4) is 5.75 Å². The Hall–Kier alpha value is -2.34. The molecule has 0 aliphatic carbocycles. The second-order valence-corrected chi connectivity index (χ2v) is 5.84. The number of amides is 1. The minimum atomic E-state index is -1.05. The summed E-state index contributed by atoms with van der Waals surface area (Å²) in [7, 11) is 0. The zero-order valence-electron chi connectivity index (χ0n) is 13.0. The third-order valence-corrected chi connectivity index (χ3v) is 3.38. The number of aromatic nitrogens is 2. The van der Waals surface area contributed by atoms with Crippen molar-refractivity contribution in [3.63, 3.8) is 0 Å². The molecule has 0 unspecified atom stereocenters. The SMILES string of the molecule is CC(C)(Oc1ccc(Cl)cc1)C(=O)NCCn1ncccc1=O. The van der Waals surface area contributed by atoms with Crippen LogP contribution in [0.2, 0.25) is 5.02 Å². The number of carbonyl (C=O) groups is 1. The van der Waals surface area contributed by atoms with E-state index in [1.807, 2.05) is 0 Å². The van der Waals surface area contributed by atoms with Crippen molar-refractivity contribution in [2.24, 2.45) is 0 Å². The number of ether oxygens (including phenoxy) is 1. The molecule has 1 aromatic heterocycles. The molecule has 0 aliphatic heterocycles. The van der Waals surface area contributed by atoms with Crippen molar-refractivity contribution >= 4 is 17.5 Å². The van der Waals surface area contributed by atoms with Gasteiger partial charge in [-0.3, -0.25) is 9.59 Å². The highest BCUT2D eigenvalue weighted by Crippen LogP contribution is 2.20. The molecule has 23 heavy (non-hydrogen) atoms. The topological polar surface area (TPSA) is 73.2 Å². The third-order valence-electron chi connectivity index (χ3n) is 3.13. The van der Waals surface area contributed by atoms with Crippen molar-refractivity contribution in [1.29, 1.82) is 0 Å². The molecule has 0 saturated carbocycles. The van der Waals surface area contributed by atoms with Crippen LogP contribution in [0.15, 0.2) is 47.4 Å². The van der Waals surface area contributed by atoms with Gasteiger partial charge < -0.3 is 10.1 Å². The minimum Gasteiger partial charge on any atom is -0.478 e. The summed E-state index contributed by atoms with van der Waals surface area (Å²) in [5.41, 5.74) is -1.26. The molecule has 0 aliphatic rings. The van der Waals surface area contributed by atoms with E-state index < -0.39 is 5.60 Å². The molecule has 0 radical (unpaired) electrons. The summed E-state index contributed by atoms with van der Waals surface area (Å²) in [5, 5.41) is 7.26. The van der Waals surface area contributed by atoms with Crippen molar-refractivity contribution in [2.45, 2.75) is 26.0 Å². The summed E-state index contributed by atoms with van der Waals surface area (Å²) in [6.07, 6.45) is 1.52. The molecule has 6 nitrogen and oxygen atoms in total.